The molecule has 2 N–H and O–H groups in total. The molecule has 0 aliphatic carbocycles. The second kappa shape index (κ2) is 7.97. The molecule has 26 heavy (non-hydrogen) atoms. The number of aliphatic hydroxyl groups is 1. The summed E-state index contributed by atoms with van der Waals surface area (Å²) < 4.78 is 64.7. The highest BCUT2D eigenvalue weighted by molar-refractivity contribution is 9.10. The van der Waals surface area contributed by atoms with Crippen LogP contribution in [0.2, 0.25) is 0 Å². The molecule has 2 rings (SSSR count). The maximum Gasteiger partial charge on any atom is 0.299 e. The zero-order chi connectivity index (χ0) is 19.8. The van der Waals surface area contributed by atoms with Crippen LogP contribution in [0.4, 0.5) is 13.2 Å². The highest BCUT2D eigenvalue weighted by Crippen LogP contribution is 2.46. The van der Waals surface area contributed by atoms with Gasteiger partial charge in [0.1, 0.15) is 22.2 Å². The molecule has 0 aromatic heterocycles. The van der Waals surface area contributed by atoms with Gasteiger partial charge in [0.2, 0.25) is 0 Å². The van der Waals surface area contributed by atoms with Crippen molar-refractivity contribution in [3.8, 4) is 0 Å². The minimum absolute atomic E-state index is 0.0257. The fourth-order valence-corrected chi connectivity index (χ4v) is 3.88. The summed E-state index contributed by atoms with van der Waals surface area (Å²) in [6.07, 6.45) is -0.591. The van der Waals surface area contributed by atoms with E-state index in [-0.39, 0.29) is 31.6 Å². The number of alkyl halides is 2. The second-order valence-corrected chi connectivity index (χ2v) is 10.3. The van der Waals surface area contributed by atoms with Gasteiger partial charge in [-0.25, -0.2) is 13.2 Å². The van der Waals surface area contributed by atoms with Crippen LogP contribution in [0.15, 0.2) is 22.7 Å². The van der Waals surface area contributed by atoms with Gasteiger partial charge in [-0.05, 0) is 39.0 Å². The number of halogens is 4. The van der Waals surface area contributed by atoms with Crippen molar-refractivity contribution < 1.29 is 27.6 Å². The predicted molar refractivity (Wildman–Crippen MR) is 97.8 cm³/mol. The molecule has 0 radical (unpaired) electrons. The Labute approximate surface area is 162 Å². The fraction of sp³-hybridized carbons (Fsp3) is 0.647. The average molecular weight is 458 g/mol. The number of hydrogen-bond donors (Lipinski definition) is 2. The van der Waals surface area contributed by atoms with Crippen molar-refractivity contribution in [2.45, 2.75) is 55.9 Å². The zero-order valence-electron chi connectivity index (χ0n) is 14.8. The van der Waals surface area contributed by atoms with Crippen molar-refractivity contribution in [2.24, 2.45) is 0 Å². The van der Waals surface area contributed by atoms with Crippen LogP contribution in [0.1, 0.15) is 45.2 Å². The SMILES string of the molecule is CC(C)(C)[S+]([O-])NC(c1cc(Br)ccc1F)C(F)(F)C1(O)CCOCC1. The Bertz CT molecular complexity index is 636. The molecule has 1 aliphatic rings. The van der Waals surface area contributed by atoms with E-state index in [1.165, 1.54) is 12.1 Å². The molecular weight excluding hydrogens is 435 g/mol. The van der Waals surface area contributed by atoms with Gasteiger partial charge >= 0.3 is 0 Å². The lowest BCUT2D eigenvalue weighted by molar-refractivity contribution is -0.226. The first-order chi connectivity index (χ1) is 11.9. The van der Waals surface area contributed by atoms with E-state index in [4.69, 9.17) is 4.74 Å². The molecule has 0 amide bonds. The Morgan fingerprint density at radius 3 is 2.42 bits per heavy atom. The first kappa shape index (κ1) is 22.0. The number of hydrogen-bond acceptors (Lipinski definition) is 4. The standard InChI is InChI=1S/C17H23BrF3NO3S/c1-15(2,3)26(24)22-14(12-10-11(18)4-5-13(12)19)17(20,21)16(23)6-8-25-9-7-16/h4-5,10,14,22-23H,6-9H2,1-3H3. The molecule has 1 aliphatic heterocycles. The Morgan fingerprint density at radius 2 is 1.88 bits per heavy atom. The van der Waals surface area contributed by atoms with Gasteiger partial charge in [-0.2, -0.15) is 0 Å². The quantitative estimate of drug-likeness (QED) is 0.658. The van der Waals surface area contributed by atoms with Crippen molar-refractivity contribution in [1.82, 2.24) is 4.72 Å². The smallest absolute Gasteiger partial charge is 0.299 e. The summed E-state index contributed by atoms with van der Waals surface area (Å²) in [5, 5.41) is 10.6. The third-order valence-corrected chi connectivity index (χ3v) is 6.41. The minimum Gasteiger partial charge on any atom is -0.598 e. The van der Waals surface area contributed by atoms with Gasteiger partial charge in [0.15, 0.2) is 0 Å². The Morgan fingerprint density at radius 1 is 1.31 bits per heavy atom. The molecule has 1 saturated heterocycles. The molecule has 2 unspecified atom stereocenters. The summed E-state index contributed by atoms with van der Waals surface area (Å²) in [5.41, 5.74) is -2.75. The van der Waals surface area contributed by atoms with Gasteiger partial charge in [0.25, 0.3) is 5.92 Å². The summed E-state index contributed by atoms with van der Waals surface area (Å²) in [6, 6.07) is 1.68. The fourth-order valence-electron chi connectivity index (χ4n) is 2.66. The van der Waals surface area contributed by atoms with E-state index in [0.717, 1.165) is 6.07 Å². The second-order valence-electron chi connectivity index (χ2n) is 7.36. The molecule has 1 fully saturated rings. The highest BCUT2D eigenvalue weighted by atomic mass is 79.9. The molecule has 2 atom stereocenters. The number of ether oxygens (including phenoxy) is 1. The van der Waals surface area contributed by atoms with Gasteiger partial charge in [0, 0.05) is 47.5 Å². The van der Waals surface area contributed by atoms with E-state index >= 15 is 8.78 Å². The third-order valence-electron chi connectivity index (χ3n) is 4.35. The van der Waals surface area contributed by atoms with Crippen LogP contribution in [0, 0.1) is 5.82 Å². The third kappa shape index (κ3) is 4.56. The molecule has 148 valence electrons. The van der Waals surface area contributed by atoms with Crippen molar-refractivity contribution in [3.05, 3.63) is 34.1 Å². The largest absolute Gasteiger partial charge is 0.598 e. The van der Waals surface area contributed by atoms with Crippen LogP contribution >= 0.6 is 15.9 Å². The Kier molecular flexibility index (Phi) is 6.73. The van der Waals surface area contributed by atoms with Crippen LogP contribution in [-0.4, -0.2) is 39.1 Å². The van der Waals surface area contributed by atoms with Crippen LogP contribution in [0.25, 0.3) is 0 Å². The molecule has 4 nitrogen and oxygen atoms in total. The van der Waals surface area contributed by atoms with E-state index in [1.807, 2.05) is 0 Å². The van der Waals surface area contributed by atoms with E-state index < -0.39 is 39.5 Å². The van der Waals surface area contributed by atoms with Crippen molar-refractivity contribution in [3.63, 3.8) is 0 Å². The topological polar surface area (TPSA) is 64.5 Å². The molecule has 9 heteroatoms. The normalized spacial score (nSPS) is 20.7. The summed E-state index contributed by atoms with van der Waals surface area (Å²) in [7, 11) is 0. The summed E-state index contributed by atoms with van der Waals surface area (Å²) >= 11 is 1.24. The van der Waals surface area contributed by atoms with Gasteiger partial charge < -0.3 is 14.4 Å². The molecular formula is C17H23BrF3NO3S. The summed E-state index contributed by atoms with van der Waals surface area (Å²) in [6.45, 7) is 4.80. The van der Waals surface area contributed by atoms with E-state index in [1.54, 1.807) is 20.8 Å². The lowest BCUT2D eigenvalue weighted by Crippen LogP contribution is -2.59. The van der Waals surface area contributed by atoms with Crippen molar-refractivity contribution in [2.75, 3.05) is 13.2 Å². The van der Waals surface area contributed by atoms with Crippen LogP contribution in [0.5, 0.6) is 0 Å². The molecule has 0 spiro atoms. The monoisotopic (exact) mass is 457 g/mol. The minimum atomic E-state index is -3.78. The molecule has 1 aromatic carbocycles. The molecule has 1 aromatic rings. The number of rotatable bonds is 5. The lowest BCUT2D eigenvalue weighted by atomic mass is 9.81. The van der Waals surface area contributed by atoms with Gasteiger partial charge in [0.05, 0.1) is 0 Å². The van der Waals surface area contributed by atoms with Gasteiger partial charge in [-0.3, -0.25) is 0 Å². The van der Waals surface area contributed by atoms with Crippen LogP contribution in [-0.2, 0) is 16.1 Å². The molecule has 0 saturated carbocycles. The maximum atomic E-state index is 15.4. The first-order valence-electron chi connectivity index (χ1n) is 8.19. The lowest BCUT2D eigenvalue weighted by Gasteiger charge is -2.43. The van der Waals surface area contributed by atoms with Crippen LogP contribution < -0.4 is 4.72 Å². The average Bonchev–Trinajstić information content (AvgIpc) is 2.54. The highest BCUT2D eigenvalue weighted by Gasteiger charge is 2.60. The first-order valence-corrected chi connectivity index (χ1v) is 10.1. The van der Waals surface area contributed by atoms with Crippen molar-refractivity contribution >= 4 is 27.3 Å². The van der Waals surface area contributed by atoms with Crippen molar-refractivity contribution in [1.29, 1.82) is 0 Å². The number of nitrogens with one attached hydrogen (secondary N) is 1. The van der Waals surface area contributed by atoms with E-state index in [0.29, 0.717) is 4.47 Å². The van der Waals surface area contributed by atoms with E-state index in [2.05, 4.69) is 20.7 Å². The number of benzene rings is 1. The summed E-state index contributed by atoms with van der Waals surface area (Å²) in [5.74, 6) is -4.65. The van der Waals surface area contributed by atoms with Gasteiger partial charge in [-0.15, -0.1) is 4.72 Å². The summed E-state index contributed by atoms with van der Waals surface area (Å²) in [4.78, 5) is 0. The Hall–Kier alpha value is -0.320. The van der Waals surface area contributed by atoms with Gasteiger partial charge in [-0.1, -0.05) is 15.9 Å². The maximum absolute atomic E-state index is 15.4. The predicted octanol–water partition coefficient (Wildman–Crippen LogP) is 3.86. The van der Waals surface area contributed by atoms with Crippen LogP contribution in [0.3, 0.4) is 0 Å². The molecule has 0 bridgehead atoms. The zero-order valence-corrected chi connectivity index (χ0v) is 17.2. The van der Waals surface area contributed by atoms with E-state index in [9.17, 15) is 14.0 Å². The Balaban J connectivity index is 2.50. The molecule has 1 heterocycles.